The molecule has 0 unspecified atom stereocenters. The maximum atomic E-state index is 14.2. The summed E-state index contributed by atoms with van der Waals surface area (Å²) >= 11 is 4.90. The molecule has 1 aromatic carbocycles. The van der Waals surface area contributed by atoms with Crippen molar-refractivity contribution >= 4 is 44.7 Å². The fraction of sp³-hybridized carbons (Fsp3) is 0.429. The van der Waals surface area contributed by atoms with Crippen molar-refractivity contribution in [3.8, 4) is 0 Å². The second-order valence-corrected chi connectivity index (χ2v) is 8.05. The third-order valence-electron chi connectivity index (χ3n) is 3.53. The summed E-state index contributed by atoms with van der Waals surface area (Å²) in [5.41, 5.74) is 0.202. The number of rotatable bonds is 5. The van der Waals surface area contributed by atoms with Crippen LogP contribution < -0.4 is 14.5 Å². The monoisotopic (exact) mass is 375 g/mol. The highest BCUT2D eigenvalue weighted by atomic mass is 32.2. The number of thiocarbonyl (C=S) groups is 1. The highest BCUT2D eigenvalue weighted by molar-refractivity contribution is 7.92. The molecule has 0 bridgehead atoms. The minimum absolute atomic E-state index is 0.0941. The third kappa shape index (κ3) is 4.12. The van der Waals surface area contributed by atoms with Crippen LogP contribution in [-0.4, -0.2) is 52.0 Å². The number of amides is 1. The molecular weight excluding hydrogens is 357 g/mol. The molecule has 0 aromatic heterocycles. The van der Waals surface area contributed by atoms with Crippen LogP contribution in [0.2, 0.25) is 0 Å². The van der Waals surface area contributed by atoms with Crippen molar-refractivity contribution in [2.24, 2.45) is 0 Å². The molecule has 10 heteroatoms. The van der Waals surface area contributed by atoms with Gasteiger partial charge >= 0.3 is 6.09 Å². The van der Waals surface area contributed by atoms with E-state index < -0.39 is 28.0 Å². The van der Waals surface area contributed by atoms with Crippen LogP contribution in [0, 0.1) is 5.82 Å². The number of anilines is 2. The number of benzene rings is 1. The van der Waals surface area contributed by atoms with E-state index in [1.54, 1.807) is 6.92 Å². The Morgan fingerprint density at radius 3 is 2.75 bits per heavy atom. The predicted molar refractivity (Wildman–Crippen MR) is 93.5 cm³/mol. The molecule has 1 fully saturated rings. The maximum absolute atomic E-state index is 14.2. The molecule has 0 radical (unpaired) electrons. The lowest BCUT2D eigenvalue weighted by molar-refractivity contribution is 0.143. The summed E-state index contributed by atoms with van der Waals surface area (Å²) in [7, 11) is -2.32. The number of hydrogen-bond donors (Lipinski definition) is 1. The number of cyclic esters (lactones) is 1. The van der Waals surface area contributed by atoms with E-state index in [0.29, 0.717) is 17.2 Å². The highest BCUT2D eigenvalue weighted by Gasteiger charge is 2.32. The van der Waals surface area contributed by atoms with Crippen molar-refractivity contribution in [3.05, 3.63) is 24.0 Å². The van der Waals surface area contributed by atoms with Crippen LogP contribution in [-0.2, 0) is 14.8 Å². The Morgan fingerprint density at radius 2 is 2.21 bits per heavy atom. The smallest absolute Gasteiger partial charge is 0.414 e. The number of nitrogens with zero attached hydrogens (tertiary/aromatic N) is 2. The summed E-state index contributed by atoms with van der Waals surface area (Å²) < 4.78 is 43.3. The topological polar surface area (TPSA) is 79.0 Å². The van der Waals surface area contributed by atoms with Crippen molar-refractivity contribution in [1.82, 2.24) is 5.32 Å². The zero-order valence-electron chi connectivity index (χ0n) is 13.4. The molecule has 1 atom stereocenters. The Kier molecular flexibility index (Phi) is 5.29. The molecular formula is C14H18FN3O4S2. The number of hydrogen-bond acceptors (Lipinski definition) is 5. The zero-order valence-corrected chi connectivity index (χ0v) is 15.1. The molecule has 0 saturated carbocycles. The fourth-order valence-corrected chi connectivity index (χ4v) is 2.78. The molecule has 1 aromatic rings. The van der Waals surface area contributed by atoms with Crippen LogP contribution in [0.3, 0.4) is 0 Å². The van der Waals surface area contributed by atoms with Crippen molar-refractivity contribution in [3.63, 3.8) is 0 Å². The van der Waals surface area contributed by atoms with Crippen molar-refractivity contribution in [1.29, 1.82) is 0 Å². The first kappa shape index (κ1) is 18.4. The summed E-state index contributed by atoms with van der Waals surface area (Å²) in [5.74, 6) is -0.746. The quantitative estimate of drug-likeness (QED) is 0.786. The minimum atomic E-state index is -3.58. The minimum Gasteiger partial charge on any atom is -0.442 e. The molecule has 24 heavy (non-hydrogen) atoms. The number of halogens is 1. The number of ether oxygens (including phenoxy) is 1. The molecule has 1 saturated heterocycles. The van der Waals surface area contributed by atoms with Gasteiger partial charge in [0.25, 0.3) is 0 Å². The average Bonchev–Trinajstić information content (AvgIpc) is 2.84. The number of sulfonamides is 1. The second kappa shape index (κ2) is 6.89. The van der Waals surface area contributed by atoms with Gasteiger partial charge in [-0.2, -0.15) is 0 Å². The Hall–Kier alpha value is -1.94. The maximum Gasteiger partial charge on any atom is 0.414 e. The average molecular weight is 375 g/mol. The lowest BCUT2D eigenvalue weighted by Gasteiger charge is -2.19. The van der Waals surface area contributed by atoms with Gasteiger partial charge in [-0.25, -0.2) is 17.6 Å². The molecule has 1 aliphatic rings. The Labute approximate surface area is 145 Å². The van der Waals surface area contributed by atoms with E-state index in [9.17, 15) is 17.6 Å². The van der Waals surface area contributed by atoms with Crippen LogP contribution >= 0.6 is 12.2 Å². The molecule has 2 rings (SSSR count). The highest BCUT2D eigenvalue weighted by Crippen LogP contribution is 2.28. The van der Waals surface area contributed by atoms with E-state index in [2.05, 4.69) is 5.32 Å². The Balaban J connectivity index is 2.17. The van der Waals surface area contributed by atoms with Gasteiger partial charge < -0.3 is 10.1 Å². The van der Waals surface area contributed by atoms with Gasteiger partial charge in [0.2, 0.25) is 10.0 Å². The van der Waals surface area contributed by atoms with Gasteiger partial charge in [0.15, 0.2) is 0 Å². The summed E-state index contributed by atoms with van der Waals surface area (Å²) in [6.07, 6.45) is -0.0159. The van der Waals surface area contributed by atoms with Gasteiger partial charge in [0.1, 0.15) is 11.9 Å². The van der Waals surface area contributed by atoms with Crippen LogP contribution in [0.1, 0.15) is 6.92 Å². The molecule has 0 spiro atoms. The van der Waals surface area contributed by atoms with Crippen molar-refractivity contribution in [2.45, 2.75) is 13.0 Å². The normalized spacial score (nSPS) is 17.6. The van der Waals surface area contributed by atoms with E-state index >= 15 is 0 Å². The van der Waals surface area contributed by atoms with Gasteiger partial charge in [-0.1, -0.05) is 12.2 Å². The van der Waals surface area contributed by atoms with Crippen molar-refractivity contribution < 1.29 is 22.3 Å². The zero-order chi connectivity index (χ0) is 18.1. The number of nitrogens with one attached hydrogen (secondary N) is 1. The van der Waals surface area contributed by atoms with Gasteiger partial charge in [0, 0.05) is 7.05 Å². The summed E-state index contributed by atoms with van der Waals surface area (Å²) in [6.45, 7) is 2.33. The first-order chi connectivity index (χ1) is 11.1. The molecule has 132 valence electrons. The van der Waals surface area contributed by atoms with Gasteiger partial charge in [-0.15, -0.1) is 0 Å². The molecule has 7 nitrogen and oxygen atoms in total. The lowest BCUT2D eigenvalue weighted by atomic mass is 10.2. The number of carbonyl (C=O) groups excluding carboxylic acids is 1. The van der Waals surface area contributed by atoms with E-state index in [4.69, 9.17) is 17.0 Å². The fourth-order valence-electron chi connectivity index (χ4n) is 2.19. The van der Waals surface area contributed by atoms with E-state index in [0.717, 1.165) is 16.6 Å². The first-order valence-electron chi connectivity index (χ1n) is 7.05. The first-order valence-corrected chi connectivity index (χ1v) is 9.31. The Morgan fingerprint density at radius 1 is 1.54 bits per heavy atom. The molecule has 0 aliphatic carbocycles. The summed E-state index contributed by atoms with van der Waals surface area (Å²) in [6, 6.07) is 3.89. The molecule has 1 amide bonds. The van der Waals surface area contributed by atoms with E-state index in [-0.39, 0.29) is 12.2 Å². The van der Waals surface area contributed by atoms with Gasteiger partial charge in [-0.05, 0) is 25.1 Å². The lowest BCUT2D eigenvalue weighted by Crippen LogP contribution is -2.32. The van der Waals surface area contributed by atoms with E-state index in [1.165, 1.54) is 24.1 Å². The second-order valence-electron chi connectivity index (χ2n) is 5.42. The standard InChI is InChI=1S/C14H18FN3O4S2/c1-9(23)16-7-11-8-18(14(19)22-11)10-4-5-13(12(15)6-10)17(2)24(3,20)21/h4-6,11H,7-8H2,1-3H3,(H,16,23)/t11-/m0/s1. The summed E-state index contributed by atoms with van der Waals surface area (Å²) in [5, 5.41) is 2.91. The summed E-state index contributed by atoms with van der Waals surface area (Å²) in [4.78, 5) is 13.8. The van der Waals surface area contributed by atoms with Crippen LogP contribution in [0.25, 0.3) is 0 Å². The largest absolute Gasteiger partial charge is 0.442 e. The van der Waals surface area contributed by atoms with Crippen molar-refractivity contribution in [2.75, 3.05) is 35.6 Å². The predicted octanol–water partition coefficient (Wildman–Crippen LogP) is 1.48. The van der Waals surface area contributed by atoms with Gasteiger partial charge in [0.05, 0.1) is 35.7 Å². The Bertz CT molecular complexity index is 769. The SMILES string of the molecule is CC(=S)NC[C@H]1CN(c2ccc(N(C)S(C)(=O)=O)c(F)c2)C(=O)O1. The van der Waals surface area contributed by atoms with Crippen LogP contribution in [0.4, 0.5) is 20.6 Å². The molecule has 1 N–H and O–H groups in total. The van der Waals surface area contributed by atoms with E-state index in [1.807, 2.05) is 0 Å². The van der Waals surface area contributed by atoms with Crippen LogP contribution in [0.5, 0.6) is 0 Å². The van der Waals surface area contributed by atoms with Gasteiger partial charge in [-0.3, -0.25) is 9.21 Å². The number of carbonyl (C=O) groups is 1. The molecule has 1 heterocycles. The van der Waals surface area contributed by atoms with Crippen LogP contribution in [0.15, 0.2) is 18.2 Å². The third-order valence-corrected chi connectivity index (χ3v) is 4.87. The molecule has 1 aliphatic heterocycles.